The number of carbonyl (C=O) groups is 2. The van der Waals surface area contributed by atoms with Crippen LogP contribution in [0.3, 0.4) is 0 Å². The maximum Gasteiger partial charge on any atom is 0.259 e. The van der Waals surface area contributed by atoms with E-state index in [9.17, 15) is 9.59 Å². The summed E-state index contributed by atoms with van der Waals surface area (Å²) in [6.45, 7) is 10.9. The van der Waals surface area contributed by atoms with Gasteiger partial charge in [-0.15, -0.1) is 0 Å². The molecule has 3 rings (SSSR count). The van der Waals surface area contributed by atoms with Crippen molar-refractivity contribution in [2.24, 2.45) is 11.7 Å². The number of rotatable bonds is 11. The predicted molar refractivity (Wildman–Crippen MR) is 142 cm³/mol. The van der Waals surface area contributed by atoms with E-state index >= 15 is 0 Å². The Morgan fingerprint density at radius 2 is 1.92 bits per heavy atom. The third-order valence-electron chi connectivity index (χ3n) is 5.61. The van der Waals surface area contributed by atoms with Crippen LogP contribution in [-0.4, -0.2) is 50.8 Å². The predicted octanol–water partition coefficient (Wildman–Crippen LogP) is 3.12. The van der Waals surface area contributed by atoms with E-state index in [1.165, 1.54) is 11.1 Å². The van der Waals surface area contributed by atoms with E-state index in [1.54, 1.807) is 30.8 Å². The first-order valence-corrected chi connectivity index (χ1v) is 12.4. The average molecular weight is 508 g/mol. The normalized spacial score (nSPS) is 12.3. The van der Waals surface area contributed by atoms with Crippen LogP contribution in [0.4, 0.5) is 5.82 Å². The Labute approximate surface area is 218 Å². The van der Waals surface area contributed by atoms with Gasteiger partial charge in [0, 0.05) is 43.6 Å². The second kappa shape index (κ2) is 12.4. The first-order valence-electron chi connectivity index (χ1n) is 12.4. The molecule has 4 N–H and O–H groups in total. The number of carbonyl (C=O) groups excluding carboxylic acids is 2. The Hall–Kier alpha value is -3.79. The Bertz CT molecular complexity index is 1160. The number of aromatic nitrogens is 3. The van der Waals surface area contributed by atoms with E-state index in [1.807, 2.05) is 46.8 Å². The second-order valence-corrected chi connectivity index (χ2v) is 10.3. The molecule has 3 aromatic rings. The van der Waals surface area contributed by atoms with Crippen molar-refractivity contribution >= 4 is 17.6 Å². The van der Waals surface area contributed by atoms with Crippen molar-refractivity contribution in [3.8, 4) is 0 Å². The summed E-state index contributed by atoms with van der Waals surface area (Å²) >= 11 is 0. The molecule has 10 heteroatoms. The highest BCUT2D eigenvalue weighted by Crippen LogP contribution is 2.24. The van der Waals surface area contributed by atoms with Gasteiger partial charge in [-0.1, -0.05) is 40.7 Å². The van der Waals surface area contributed by atoms with Gasteiger partial charge >= 0.3 is 0 Å². The van der Waals surface area contributed by atoms with Crippen LogP contribution in [-0.2, 0) is 23.3 Å². The highest BCUT2D eigenvalue weighted by Gasteiger charge is 2.32. The highest BCUT2D eigenvalue weighted by molar-refractivity contribution is 6.01. The lowest BCUT2D eigenvalue weighted by Crippen LogP contribution is -2.54. The smallest absolute Gasteiger partial charge is 0.259 e. The number of nitrogens with one attached hydrogen (secondary N) is 2. The van der Waals surface area contributed by atoms with E-state index in [0.29, 0.717) is 30.5 Å². The quantitative estimate of drug-likeness (QED) is 0.360. The summed E-state index contributed by atoms with van der Waals surface area (Å²) in [4.78, 5) is 41.9. The number of hydrogen-bond acceptors (Lipinski definition) is 8. The third kappa shape index (κ3) is 7.60. The van der Waals surface area contributed by atoms with Crippen molar-refractivity contribution < 1.29 is 14.0 Å². The molecule has 2 amide bonds. The van der Waals surface area contributed by atoms with Gasteiger partial charge in [0.2, 0.25) is 5.91 Å². The summed E-state index contributed by atoms with van der Waals surface area (Å²) in [6.07, 6.45) is 6.46. The van der Waals surface area contributed by atoms with E-state index in [4.69, 9.17) is 10.2 Å². The molecule has 0 saturated carbocycles. The van der Waals surface area contributed by atoms with E-state index in [0.717, 1.165) is 5.56 Å². The van der Waals surface area contributed by atoms with Crippen LogP contribution in [0.2, 0.25) is 0 Å². The summed E-state index contributed by atoms with van der Waals surface area (Å²) in [5.74, 6) is 1.05. The molecule has 0 fully saturated rings. The molecule has 0 unspecified atom stereocenters. The van der Waals surface area contributed by atoms with Crippen molar-refractivity contribution in [2.75, 3.05) is 18.4 Å². The standard InChI is InChI=1S/C27H37N7O3/c1-18(2)17-34(22(12-28)24(35)31-14-19-8-6-10-29-13-19)25(36)21-16-32-26(27(3,4)5)33-23(21)30-15-20-9-7-11-37-20/h6-11,13,16,18,22H,12,14-15,17,28H2,1-5H3,(H,31,35)(H,30,32,33)/t22-/m0/s1. The van der Waals surface area contributed by atoms with Crippen LogP contribution < -0.4 is 16.4 Å². The minimum absolute atomic E-state index is 0.0343. The molecular weight excluding hydrogens is 470 g/mol. The van der Waals surface area contributed by atoms with Gasteiger partial charge in [-0.3, -0.25) is 14.6 Å². The summed E-state index contributed by atoms with van der Waals surface area (Å²) in [7, 11) is 0. The van der Waals surface area contributed by atoms with Crippen LogP contribution >= 0.6 is 0 Å². The second-order valence-electron chi connectivity index (χ2n) is 10.3. The maximum atomic E-state index is 13.9. The van der Waals surface area contributed by atoms with Crippen LogP contribution in [0.5, 0.6) is 0 Å². The topological polar surface area (TPSA) is 139 Å². The van der Waals surface area contributed by atoms with E-state index in [2.05, 4.69) is 25.6 Å². The number of amides is 2. The minimum Gasteiger partial charge on any atom is -0.467 e. The van der Waals surface area contributed by atoms with Gasteiger partial charge in [-0.2, -0.15) is 0 Å². The zero-order valence-corrected chi connectivity index (χ0v) is 22.2. The number of anilines is 1. The van der Waals surface area contributed by atoms with Crippen LogP contribution in [0.15, 0.2) is 53.5 Å². The first kappa shape index (κ1) is 27.8. The SMILES string of the molecule is CC(C)CN(C(=O)c1cnc(C(C)(C)C)nc1NCc1ccco1)[C@@H](CN)C(=O)NCc1cccnc1. The maximum absolute atomic E-state index is 13.9. The van der Waals surface area contributed by atoms with Crippen LogP contribution in [0, 0.1) is 5.92 Å². The van der Waals surface area contributed by atoms with Crippen molar-refractivity contribution in [2.45, 2.75) is 59.2 Å². The summed E-state index contributed by atoms with van der Waals surface area (Å²) < 4.78 is 5.43. The van der Waals surface area contributed by atoms with Gasteiger partial charge in [-0.25, -0.2) is 9.97 Å². The minimum atomic E-state index is -0.869. The van der Waals surface area contributed by atoms with Crippen molar-refractivity contribution in [1.82, 2.24) is 25.2 Å². The van der Waals surface area contributed by atoms with Crippen LogP contribution in [0.25, 0.3) is 0 Å². The lowest BCUT2D eigenvalue weighted by atomic mass is 9.95. The molecule has 0 bridgehead atoms. The monoisotopic (exact) mass is 507 g/mol. The molecule has 0 saturated heterocycles. The molecule has 37 heavy (non-hydrogen) atoms. The Morgan fingerprint density at radius 1 is 1.14 bits per heavy atom. The molecule has 0 spiro atoms. The zero-order chi connectivity index (χ0) is 27.0. The fourth-order valence-electron chi connectivity index (χ4n) is 3.70. The molecule has 3 aromatic heterocycles. The number of furan rings is 1. The third-order valence-corrected chi connectivity index (χ3v) is 5.61. The Morgan fingerprint density at radius 3 is 2.51 bits per heavy atom. The van der Waals surface area contributed by atoms with Gasteiger partial charge in [-0.05, 0) is 29.7 Å². The fourth-order valence-corrected chi connectivity index (χ4v) is 3.70. The van der Waals surface area contributed by atoms with Gasteiger partial charge in [0.1, 0.15) is 29.0 Å². The largest absolute Gasteiger partial charge is 0.467 e. The highest BCUT2D eigenvalue weighted by atomic mass is 16.3. The van der Waals surface area contributed by atoms with Gasteiger partial charge in [0.25, 0.3) is 5.91 Å². The molecular formula is C27H37N7O3. The number of nitrogens with two attached hydrogens (primary N) is 1. The molecule has 0 aliphatic carbocycles. The Balaban J connectivity index is 1.91. The molecule has 10 nitrogen and oxygen atoms in total. The number of hydrogen-bond donors (Lipinski definition) is 3. The van der Waals surface area contributed by atoms with Gasteiger partial charge in [0.05, 0.1) is 12.8 Å². The summed E-state index contributed by atoms with van der Waals surface area (Å²) in [5.41, 5.74) is 6.84. The molecule has 3 heterocycles. The molecule has 0 aliphatic rings. The number of pyridine rings is 1. The van der Waals surface area contributed by atoms with E-state index in [-0.39, 0.29) is 41.8 Å². The first-order chi connectivity index (χ1) is 17.6. The van der Waals surface area contributed by atoms with Crippen molar-refractivity contribution in [3.05, 3.63) is 71.8 Å². The molecule has 0 radical (unpaired) electrons. The molecule has 0 aliphatic heterocycles. The van der Waals surface area contributed by atoms with Crippen molar-refractivity contribution in [1.29, 1.82) is 0 Å². The lowest BCUT2D eigenvalue weighted by Gasteiger charge is -2.32. The lowest BCUT2D eigenvalue weighted by molar-refractivity contribution is -0.125. The van der Waals surface area contributed by atoms with E-state index < -0.39 is 6.04 Å². The Kier molecular flexibility index (Phi) is 9.35. The molecule has 1 atom stereocenters. The van der Waals surface area contributed by atoms with Crippen molar-refractivity contribution in [3.63, 3.8) is 0 Å². The average Bonchev–Trinajstić information content (AvgIpc) is 3.39. The zero-order valence-electron chi connectivity index (χ0n) is 22.2. The fraction of sp³-hybridized carbons (Fsp3) is 0.444. The van der Waals surface area contributed by atoms with Crippen LogP contribution in [0.1, 0.15) is 62.1 Å². The molecule has 198 valence electrons. The summed E-state index contributed by atoms with van der Waals surface area (Å²) in [6, 6.07) is 6.43. The number of nitrogens with zero attached hydrogens (tertiary/aromatic N) is 4. The molecule has 0 aromatic carbocycles. The van der Waals surface area contributed by atoms with Gasteiger partial charge < -0.3 is 25.7 Å². The summed E-state index contributed by atoms with van der Waals surface area (Å²) in [5, 5.41) is 6.10. The van der Waals surface area contributed by atoms with Gasteiger partial charge in [0.15, 0.2) is 0 Å².